The van der Waals surface area contributed by atoms with Crippen LogP contribution >= 0.6 is 0 Å². The van der Waals surface area contributed by atoms with Crippen molar-refractivity contribution in [1.82, 2.24) is 14.7 Å². The van der Waals surface area contributed by atoms with Crippen molar-refractivity contribution in [2.45, 2.75) is 19.9 Å². The number of carbonyl (C=O) groups is 2. The number of aromatic nitrogens is 2. The van der Waals surface area contributed by atoms with Crippen molar-refractivity contribution in [3.63, 3.8) is 0 Å². The zero-order valence-electron chi connectivity index (χ0n) is 11.2. The van der Waals surface area contributed by atoms with Crippen molar-refractivity contribution >= 4 is 11.9 Å². The summed E-state index contributed by atoms with van der Waals surface area (Å²) >= 11 is 0. The normalized spacial score (nSPS) is 10.4. The molecule has 0 bridgehead atoms. The zero-order valence-corrected chi connectivity index (χ0v) is 11.2. The molecule has 0 spiro atoms. The van der Waals surface area contributed by atoms with E-state index in [0.717, 1.165) is 13.0 Å². The van der Waals surface area contributed by atoms with E-state index < -0.39 is 5.97 Å². The van der Waals surface area contributed by atoms with Gasteiger partial charge in [0.25, 0.3) is 5.91 Å². The van der Waals surface area contributed by atoms with E-state index in [-0.39, 0.29) is 19.0 Å². The summed E-state index contributed by atoms with van der Waals surface area (Å²) < 4.78 is 6.55. The molecule has 0 radical (unpaired) electrons. The van der Waals surface area contributed by atoms with Gasteiger partial charge in [-0.3, -0.25) is 14.3 Å². The van der Waals surface area contributed by atoms with Crippen LogP contribution in [0.15, 0.2) is 12.4 Å². The number of methoxy groups -OCH3 is 1. The van der Waals surface area contributed by atoms with Gasteiger partial charge in [-0.1, -0.05) is 6.92 Å². The molecule has 0 fully saturated rings. The predicted octanol–water partition coefficient (Wildman–Crippen LogP) is 0.466. The van der Waals surface area contributed by atoms with Gasteiger partial charge in [0.2, 0.25) is 0 Å². The molecule has 0 aliphatic heterocycles. The highest BCUT2D eigenvalue weighted by Gasteiger charge is 2.19. The van der Waals surface area contributed by atoms with Crippen LogP contribution in [0.3, 0.4) is 0 Å². The number of hydrogen-bond acceptors (Lipinski definition) is 4. The number of hydrogen-bond donors (Lipinski definition) is 1. The Balaban J connectivity index is 2.75. The summed E-state index contributed by atoms with van der Waals surface area (Å²) in [5.41, 5.74) is 0.394. The van der Waals surface area contributed by atoms with Crippen LogP contribution in [0, 0.1) is 0 Å². The van der Waals surface area contributed by atoms with Gasteiger partial charge in [-0.15, -0.1) is 0 Å². The van der Waals surface area contributed by atoms with Gasteiger partial charge >= 0.3 is 5.97 Å². The molecule has 1 aromatic heterocycles. The summed E-state index contributed by atoms with van der Waals surface area (Å²) in [6.45, 7) is 2.92. The molecule has 1 aromatic rings. The second kappa shape index (κ2) is 7.52. The van der Waals surface area contributed by atoms with E-state index in [2.05, 4.69) is 5.10 Å². The number of carboxylic acids is 1. The third-order valence-electron chi connectivity index (χ3n) is 2.51. The number of nitrogens with zero attached hydrogens (tertiary/aromatic N) is 3. The maximum atomic E-state index is 12.2. The quantitative estimate of drug-likeness (QED) is 0.741. The Kier molecular flexibility index (Phi) is 6.01. The van der Waals surface area contributed by atoms with E-state index in [4.69, 9.17) is 9.84 Å². The van der Waals surface area contributed by atoms with Crippen LogP contribution in [-0.4, -0.2) is 58.5 Å². The molecule has 0 saturated heterocycles. The van der Waals surface area contributed by atoms with E-state index in [1.807, 2.05) is 6.92 Å². The number of aliphatic carboxylic acids is 1. The van der Waals surface area contributed by atoms with Gasteiger partial charge in [0, 0.05) is 26.4 Å². The van der Waals surface area contributed by atoms with Crippen LogP contribution < -0.4 is 0 Å². The Hall–Kier alpha value is -1.89. The number of carboxylic acid groups (broad SMARTS) is 1. The average molecular weight is 269 g/mol. The smallest absolute Gasteiger partial charge is 0.323 e. The topological polar surface area (TPSA) is 84.7 Å². The van der Waals surface area contributed by atoms with Crippen molar-refractivity contribution in [3.05, 3.63) is 18.0 Å². The minimum absolute atomic E-state index is 0.237. The lowest BCUT2D eigenvalue weighted by atomic mass is 10.3. The van der Waals surface area contributed by atoms with Crippen molar-refractivity contribution in [1.29, 1.82) is 0 Å². The Morgan fingerprint density at radius 1 is 1.53 bits per heavy atom. The Labute approximate surface area is 111 Å². The van der Waals surface area contributed by atoms with Gasteiger partial charge in [0.15, 0.2) is 0 Å². The maximum absolute atomic E-state index is 12.2. The van der Waals surface area contributed by atoms with Crippen LogP contribution in [0.5, 0.6) is 0 Å². The van der Waals surface area contributed by atoms with Gasteiger partial charge in [0.05, 0.1) is 18.4 Å². The molecule has 7 heteroatoms. The average Bonchev–Trinajstić information content (AvgIpc) is 2.82. The summed E-state index contributed by atoms with van der Waals surface area (Å²) in [5, 5.41) is 12.9. The molecule has 0 atom stereocenters. The number of carbonyl (C=O) groups excluding carboxylic acids is 1. The standard InChI is InChI=1S/C12H19N3O4/c1-3-4-15-8-10(7-13-15)12(18)14(5-6-19-2)9-11(16)17/h7-8H,3-6,9H2,1-2H3,(H,16,17). The van der Waals surface area contributed by atoms with E-state index >= 15 is 0 Å². The highest BCUT2D eigenvalue weighted by Crippen LogP contribution is 2.05. The van der Waals surface area contributed by atoms with Crippen LogP contribution in [0.1, 0.15) is 23.7 Å². The molecule has 1 N–H and O–H groups in total. The summed E-state index contributed by atoms with van der Waals surface area (Å²) in [7, 11) is 1.50. The Bertz CT molecular complexity index is 430. The minimum atomic E-state index is -1.05. The fourth-order valence-electron chi connectivity index (χ4n) is 1.63. The molecule has 1 heterocycles. The fourth-order valence-corrected chi connectivity index (χ4v) is 1.63. The zero-order chi connectivity index (χ0) is 14.3. The van der Waals surface area contributed by atoms with Crippen LogP contribution in [0.4, 0.5) is 0 Å². The first-order valence-corrected chi connectivity index (χ1v) is 6.11. The van der Waals surface area contributed by atoms with Crippen LogP contribution in [0.2, 0.25) is 0 Å². The first-order valence-electron chi connectivity index (χ1n) is 6.11. The molecule has 19 heavy (non-hydrogen) atoms. The summed E-state index contributed by atoms with van der Waals surface area (Å²) in [6.07, 6.45) is 4.00. The third-order valence-corrected chi connectivity index (χ3v) is 2.51. The number of ether oxygens (including phenoxy) is 1. The van der Waals surface area contributed by atoms with Crippen LogP contribution in [-0.2, 0) is 16.1 Å². The van der Waals surface area contributed by atoms with Gasteiger partial charge in [-0.25, -0.2) is 0 Å². The second-order valence-corrected chi connectivity index (χ2v) is 4.11. The summed E-state index contributed by atoms with van der Waals surface area (Å²) in [4.78, 5) is 24.2. The third kappa shape index (κ3) is 4.70. The molecule has 7 nitrogen and oxygen atoms in total. The molecular formula is C12H19N3O4. The van der Waals surface area contributed by atoms with Crippen molar-refractivity contribution in [2.24, 2.45) is 0 Å². The first kappa shape index (κ1) is 15.2. The van der Waals surface area contributed by atoms with Gasteiger partial charge in [0.1, 0.15) is 6.54 Å². The SMILES string of the molecule is CCCn1cc(C(=O)N(CCOC)CC(=O)O)cn1. The molecule has 0 saturated carbocycles. The van der Waals surface area contributed by atoms with Gasteiger partial charge < -0.3 is 14.7 Å². The van der Waals surface area contributed by atoms with E-state index in [9.17, 15) is 9.59 Å². The minimum Gasteiger partial charge on any atom is -0.480 e. The van der Waals surface area contributed by atoms with Crippen molar-refractivity contribution < 1.29 is 19.4 Å². The predicted molar refractivity (Wildman–Crippen MR) is 67.9 cm³/mol. The lowest BCUT2D eigenvalue weighted by molar-refractivity contribution is -0.137. The van der Waals surface area contributed by atoms with Crippen molar-refractivity contribution in [3.8, 4) is 0 Å². The summed E-state index contributed by atoms with van der Waals surface area (Å²) in [5.74, 6) is -1.40. The lowest BCUT2D eigenvalue weighted by Gasteiger charge is -2.19. The molecule has 1 rings (SSSR count). The molecule has 0 aliphatic rings. The van der Waals surface area contributed by atoms with Gasteiger partial charge in [-0.2, -0.15) is 5.10 Å². The first-order chi connectivity index (χ1) is 9.08. The number of amides is 1. The van der Waals surface area contributed by atoms with Crippen molar-refractivity contribution in [2.75, 3.05) is 26.8 Å². The fraction of sp³-hybridized carbons (Fsp3) is 0.583. The molecule has 106 valence electrons. The molecule has 0 aliphatic carbocycles. The highest BCUT2D eigenvalue weighted by molar-refractivity contribution is 5.95. The lowest BCUT2D eigenvalue weighted by Crippen LogP contribution is -2.37. The van der Waals surface area contributed by atoms with E-state index in [1.165, 1.54) is 18.2 Å². The van der Waals surface area contributed by atoms with E-state index in [0.29, 0.717) is 12.2 Å². The Morgan fingerprint density at radius 2 is 2.26 bits per heavy atom. The van der Waals surface area contributed by atoms with Gasteiger partial charge in [-0.05, 0) is 6.42 Å². The van der Waals surface area contributed by atoms with E-state index in [1.54, 1.807) is 10.9 Å². The molecular weight excluding hydrogens is 250 g/mol. The monoisotopic (exact) mass is 269 g/mol. The molecule has 0 aromatic carbocycles. The van der Waals surface area contributed by atoms with Crippen LogP contribution in [0.25, 0.3) is 0 Å². The number of rotatable bonds is 8. The highest BCUT2D eigenvalue weighted by atomic mass is 16.5. The summed E-state index contributed by atoms with van der Waals surface area (Å²) in [6, 6.07) is 0. The largest absolute Gasteiger partial charge is 0.480 e. The second-order valence-electron chi connectivity index (χ2n) is 4.11. The molecule has 1 amide bonds. The maximum Gasteiger partial charge on any atom is 0.323 e. The molecule has 0 unspecified atom stereocenters. The Morgan fingerprint density at radius 3 is 2.84 bits per heavy atom. The number of aryl methyl sites for hydroxylation is 1.